The third-order valence-corrected chi connectivity index (χ3v) is 2.76. The van der Waals surface area contributed by atoms with Crippen LogP contribution in [0.4, 0.5) is 4.79 Å². The molecule has 0 atom stereocenters. The molecule has 0 aromatic heterocycles. The number of hydrogen-bond donors (Lipinski definition) is 1. The number of benzene rings is 2. The molecule has 0 heterocycles. The molecule has 0 fully saturated rings. The van der Waals surface area contributed by atoms with E-state index >= 15 is 0 Å². The number of carbonyl (C=O) groups excluding carboxylic acids is 1. The lowest BCUT2D eigenvalue weighted by molar-refractivity contribution is 0.158. The molecule has 0 aliphatic heterocycles. The predicted molar refractivity (Wildman–Crippen MR) is 85.1 cm³/mol. The summed E-state index contributed by atoms with van der Waals surface area (Å²) in [6.07, 6.45) is -0.536. The Hall–Kier alpha value is -2.82. The minimum Gasteiger partial charge on any atom is -0.410 e. The number of para-hydroxylation sites is 1. The van der Waals surface area contributed by atoms with Crippen LogP contribution in [0.25, 0.3) is 0 Å². The van der Waals surface area contributed by atoms with Gasteiger partial charge in [0.2, 0.25) is 0 Å². The van der Waals surface area contributed by atoms with Gasteiger partial charge < -0.3 is 14.9 Å². The van der Waals surface area contributed by atoms with Crippen LogP contribution in [0.2, 0.25) is 0 Å². The van der Waals surface area contributed by atoms with Crippen LogP contribution in [0, 0.1) is 0 Å². The second-order valence-corrected chi connectivity index (χ2v) is 4.38. The van der Waals surface area contributed by atoms with Crippen molar-refractivity contribution in [3.05, 3.63) is 66.2 Å². The van der Waals surface area contributed by atoms with Crippen molar-refractivity contribution >= 4 is 11.8 Å². The molecule has 2 aromatic rings. The number of ether oxygens (including phenoxy) is 1. The van der Waals surface area contributed by atoms with Gasteiger partial charge in [0.1, 0.15) is 18.1 Å². The van der Waals surface area contributed by atoms with Crippen molar-refractivity contribution in [3.63, 3.8) is 0 Å². The molecular formula is C17H18N2O3. The van der Waals surface area contributed by atoms with Gasteiger partial charge in [0, 0.05) is 5.56 Å². The van der Waals surface area contributed by atoms with Gasteiger partial charge >= 0.3 is 6.09 Å². The summed E-state index contributed by atoms with van der Waals surface area (Å²) >= 11 is 0. The average Bonchev–Trinajstić information content (AvgIpc) is 2.57. The normalized spacial score (nSPS) is 10.9. The highest BCUT2D eigenvalue weighted by Gasteiger charge is 2.08. The summed E-state index contributed by atoms with van der Waals surface area (Å²) in [6, 6.07) is 18.4. The number of amides is 1. The molecule has 5 heteroatoms. The van der Waals surface area contributed by atoms with Crippen molar-refractivity contribution in [3.8, 4) is 5.75 Å². The quantitative estimate of drug-likeness (QED) is 0.658. The highest BCUT2D eigenvalue weighted by molar-refractivity contribution is 6.02. The molecule has 0 spiro atoms. The van der Waals surface area contributed by atoms with E-state index < -0.39 is 6.09 Å². The van der Waals surface area contributed by atoms with Crippen molar-refractivity contribution in [1.82, 2.24) is 5.32 Å². The topological polar surface area (TPSA) is 59.9 Å². The molecule has 114 valence electrons. The summed E-state index contributed by atoms with van der Waals surface area (Å²) in [4.78, 5) is 16.9. The highest BCUT2D eigenvalue weighted by atomic mass is 16.6. The first-order valence-electron chi connectivity index (χ1n) is 7.04. The first-order valence-corrected chi connectivity index (χ1v) is 7.04. The molecule has 22 heavy (non-hydrogen) atoms. The lowest BCUT2D eigenvalue weighted by atomic mass is 10.1. The molecule has 5 nitrogen and oxygen atoms in total. The van der Waals surface area contributed by atoms with E-state index in [2.05, 4.69) is 10.5 Å². The number of nitrogens with zero attached hydrogens (tertiary/aromatic N) is 1. The minimum absolute atomic E-state index is 0.218. The summed E-state index contributed by atoms with van der Waals surface area (Å²) in [6.45, 7) is 2.53. The van der Waals surface area contributed by atoms with E-state index in [0.29, 0.717) is 18.1 Å². The second-order valence-electron chi connectivity index (χ2n) is 4.38. The average molecular weight is 298 g/mol. The van der Waals surface area contributed by atoms with Gasteiger partial charge in [0.25, 0.3) is 0 Å². The monoisotopic (exact) mass is 298 g/mol. The molecule has 0 saturated carbocycles. The molecule has 0 aliphatic carbocycles. The summed E-state index contributed by atoms with van der Waals surface area (Å²) < 4.78 is 5.16. The molecule has 1 amide bonds. The van der Waals surface area contributed by atoms with Gasteiger partial charge in [-0.25, -0.2) is 4.79 Å². The van der Waals surface area contributed by atoms with Crippen LogP contribution < -0.4 is 10.1 Å². The fourth-order valence-corrected chi connectivity index (χ4v) is 1.75. The Balaban J connectivity index is 1.95. The van der Waals surface area contributed by atoms with E-state index in [9.17, 15) is 4.79 Å². The number of nitrogens with one attached hydrogen (secondary N) is 1. The summed E-state index contributed by atoms with van der Waals surface area (Å²) in [5.41, 5.74) is 1.52. The maximum Gasteiger partial charge on any atom is 0.412 e. The lowest BCUT2D eigenvalue weighted by Crippen LogP contribution is -2.32. The smallest absolute Gasteiger partial charge is 0.410 e. The molecule has 2 aromatic carbocycles. The molecule has 2 rings (SSSR count). The van der Waals surface area contributed by atoms with Crippen LogP contribution in [-0.2, 0) is 4.84 Å². The van der Waals surface area contributed by atoms with Gasteiger partial charge in [-0.15, -0.1) is 0 Å². The number of hydrogen-bond acceptors (Lipinski definition) is 4. The maximum absolute atomic E-state index is 11.8. The molecule has 1 N–H and O–H groups in total. The van der Waals surface area contributed by atoms with E-state index in [1.807, 2.05) is 43.3 Å². The SMILES string of the molecule is CCON=C(CNC(=O)Oc1ccccc1)c1ccccc1. The zero-order valence-corrected chi connectivity index (χ0v) is 12.4. The zero-order chi connectivity index (χ0) is 15.6. The minimum atomic E-state index is -0.536. The van der Waals surface area contributed by atoms with Crippen molar-refractivity contribution in [2.24, 2.45) is 5.16 Å². The molecule has 0 aliphatic rings. The van der Waals surface area contributed by atoms with Crippen molar-refractivity contribution in [2.45, 2.75) is 6.92 Å². The third kappa shape index (κ3) is 4.94. The number of oxime groups is 1. The molecular weight excluding hydrogens is 280 g/mol. The van der Waals surface area contributed by atoms with E-state index in [0.717, 1.165) is 5.56 Å². The van der Waals surface area contributed by atoms with Crippen LogP contribution in [-0.4, -0.2) is 25.0 Å². The van der Waals surface area contributed by atoms with Gasteiger partial charge in [-0.3, -0.25) is 0 Å². The van der Waals surface area contributed by atoms with Crippen molar-refractivity contribution in [2.75, 3.05) is 13.2 Å². The molecule has 0 unspecified atom stereocenters. The van der Waals surface area contributed by atoms with Crippen LogP contribution >= 0.6 is 0 Å². The van der Waals surface area contributed by atoms with Gasteiger partial charge in [-0.1, -0.05) is 53.7 Å². The summed E-state index contributed by atoms with van der Waals surface area (Å²) in [7, 11) is 0. The zero-order valence-electron chi connectivity index (χ0n) is 12.4. The number of rotatable bonds is 6. The number of carbonyl (C=O) groups is 1. The van der Waals surface area contributed by atoms with Crippen LogP contribution in [0.3, 0.4) is 0 Å². The fourth-order valence-electron chi connectivity index (χ4n) is 1.75. The Morgan fingerprint density at radius 2 is 1.68 bits per heavy atom. The van der Waals surface area contributed by atoms with E-state index in [1.54, 1.807) is 24.3 Å². The largest absolute Gasteiger partial charge is 0.412 e. The highest BCUT2D eigenvalue weighted by Crippen LogP contribution is 2.08. The Morgan fingerprint density at radius 1 is 1.05 bits per heavy atom. The first kappa shape index (κ1) is 15.6. The van der Waals surface area contributed by atoms with E-state index in [1.165, 1.54) is 0 Å². The Labute approximate surface area is 129 Å². The molecule has 0 saturated heterocycles. The van der Waals surface area contributed by atoms with Crippen LogP contribution in [0.1, 0.15) is 12.5 Å². The Bertz CT molecular complexity index is 612. The van der Waals surface area contributed by atoms with Crippen molar-refractivity contribution in [1.29, 1.82) is 0 Å². The predicted octanol–water partition coefficient (Wildman–Crippen LogP) is 3.22. The van der Waals surface area contributed by atoms with Gasteiger partial charge in [-0.05, 0) is 19.1 Å². The van der Waals surface area contributed by atoms with Gasteiger partial charge in [0.15, 0.2) is 0 Å². The maximum atomic E-state index is 11.8. The van der Waals surface area contributed by atoms with E-state index in [-0.39, 0.29) is 6.54 Å². The Kier molecular flexibility index (Phi) is 5.99. The Morgan fingerprint density at radius 3 is 2.32 bits per heavy atom. The molecule has 0 bridgehead atoms. The van der Waals surface area contributed by atoms with Crippen LogP contribution in [0.15, 0.2) is 65.8 Å². The van der Waals surface area contributed by atoms with Crippen molar-refractivity contribution < 1.29 is 14.4 Å². The first-order chi connectivity index (χ1) is 10.8. The summed E-state index contributed by atoms with van der Waals surface area (Å²) in [5.74, 6) is 0.489. The van der Waals surface area contributed by atoms with Gasteiger partial charge in [-0.2, -0.15) is 0 Å². The van der Waals surface area contributed by atoms with Gasteiger partial charge in [0.05, 0.1) is 6.54 Å². The molecule has 0 radical (unpaired) electrons. The van der Waals surface area contributed by atoms with Crippen LogP contribution in [0.5, 0.6) is 5.75 Å². The summed E-state index contributed by atoms with van der Waals surface area (Å²) in [5, 5.41) is 6.70. The standard InChI is InChI=1S/C17H18N2O3/c1-2-21-19-16(14-9-5-3-6-10-14)13-18-17(20)22-15-11-7-4-8-12-15/h3-12H,2,13H2,1H3,(H,18,20). The van der Waals surface area contributed by atoms with E-state index in [4.69, 9.17) is 9.57 Å². The lowest BCUT2D eigenvalue weighted by Gasteiger charge is -2.09. The third-order valence-electron chi connectivity index (χ3n) is 2.76. The fraction of sp³-hybridized carbons (Fsp3) is 0.176. The second kappa shape index (κ2) is 8.46.